The summed E-state index contributed by atoms with van der Waals surface area (Å²) in [4.78, 5) is 27.0. The maximum atomic E-state index is 9.00. The Morgan fingerprint density at radius 1 is 0.330 bits per heavy atom. The van der Waals surface area contributed by atoms with Gasteiger partial charge in [-0.25, -0.2) is 9.98 Å². The van der Waals surface area contributed by atoms with E-state index in [-0.39, 0.29) is 74.4 Å². The molecule has 8 aromatic carbocycles. The number of rotatable bonds is 12. The van der Waals surface area contributed by atoms with E-state index in [0.29, 0.717) is 23.9 Å². The van der Waals surface area contributed by atoms with E-state index in [4.69, 9.17) is 29.3 Å². The number of benzene rings is 8. The van der Waals surface area contributed by atoms with E-state index < -0.39 is 11.9 Å². The van der Waals surface area contributed by atoms with Gasteiger partial charge in [-0.15, -0.1) is 0 Å². The average molecular weight is 1520 g/mol. The number of aliphatic imine (C=N–C) groups is 2. The summed E-state index contributed by atoms with van der Waals surface area (Å²) in [5.41, 5.74) is 10.1. The Kier molecular flexibility index (Phi) is 33.9. The van der Waals surface area contributed by atoms with Gasteiger partial charge in [-0.1, -0.05) is 270 Å². The zero-order chi connectivity index (χ0) is 63.2. The Balaban J connectivity index is 0.000000226. The van der Waals surface area contributed by atoms with E-state index >= 15 is 0 Å². The van der Waals surface area contributed by atoms with Crippen LogP contribution in [0.3, 0.4) is 0 Å². The van der Waals surface area contributed by atoms with Crippen LogP contribution in [0.25, 0.3) is 0 Å². The molecule has 0 spiro atoms. The maximum absolute atomic E-state index is 9.00. The molecule has 4 fully saturated rings. The normalized spacial score (nSPS) is 18.2. The molecule has 0 aromatic heterocycles. The van der Waals surface area contributed by atoms with Crippen molar-refractivity contribution in [2.75, 3.05) is 13.2 Å². The van der Waals surface area contributed by atoms with Gasteiger partial charge in [0.15, 0.2) is 11.8 Å². The molecule has 8 aromatic rings. The second-order valence-electron chi connectivity index (χ2n) is 22.4. The number of aliphatic carboxylic acids is 2. The number of nitrogens with zero attached hydrogens (tertiary/aromatic N) is 2. The summed E-state index contributed by atoms with van der Waals surface area (Å²) in [6.07, 6.45) is 16.1. The largest absolute Gasteiger partial charge is 0.481 e. The van der Waals surface area contributed by atoms with E-state index in [2.05, 4.69) is 280 Å². The van der Waals surface area contributed by atoms with Crippen molar-refractivity contribution in [2.45, 2.75) is 53.6 Å². The Hall–Kier alpha value is -6.02. The second-order valence-corrected chi connectivity index (χ2v) is 22.4. The van der Waals surface area contributed by atoms with Crippen LogP contribution in [0.5, 0.6) is 0 Å². The number of hydrogen-bond donors (Lipinski definition) is 2. The number of carbonyl (C=O) groups is 2. The quantitative estimate of drug-likeness (QED) is 0.118. The molecule has 2 aliphatic heterocycles. The Morgan fingerprint density at radius 3 is 0.606 bits per heavy atom. The van der Waals surface area contributed by atoms with Crippen LogP contribution in [0.1, 0.15) is 86.1 Å². The molecule has 4 saturated carbocycles. The van der Waals surface area contributed by atoms with E-state index in [1.54, 1.807) is 0 Å². The summed E-state index contributed by atoms with van der Waals surface area (Å²) in [5.74, 6) is 13.9. The number of carboxylic acids is 2. The first-order valence-electron chi connectivity index (χ1n) is 30.5. The molecule has 4 aliphatic carbocycles. The summed E-state index contributed by atoms with van der Waals surface area (Å²) in [7, 11) is 0. The van der Waals surface area contributed by atoms with Crippen molar-refractivity contribution in [3.8, 4) is 0 Å². The van der Waals surface area contributed by atoms with Crippen molar-refractivity contribution in [1.29, 1.82) is 0 Å². The predicted octanol–water partition coefficient (Wildman–Crippen LogP) is 16.8. The molecule has 12 heteroatoms. The summed E-state index contributed by atoms with van der Waals surface area (Å²) >= 11 is 0. The van der Waals surface area contributed by atoms with Gasteiger partial charge in [-0.2, -0.15) is 0 Å². The van der Waals surface area contributed by atoms with Crippen LogP contribution in [0.15, 0.2) is 253 Å². The molecule has 0 bridgehead atoms. The van der Waals surface area contributed by atoms with Crippen molar-refractivity contribution in [3.63, 3.8) is 0 Å². The molecule has 0 amide bonds. The monoisotopic (exact) mass is 1510 g/mol. The van der Waals surface area contributed by atoms with E-state index in [1.165, 1.54) is 91.9 Å². The van der Waals surface area contributed by atoms with Crippen LogP contribution in [-0.2, 0) is 93.5 Å². The fraction of sp³-hybridized carbons (Fsp3) is 0.146. The first-order valence-corrected chi connectivity index (χ1v) is 30.5. The molecule has 0 saturated heterocycles. The minimum atomic E-state index is -0.833. The van der Waals surface area contributed by atoms with Crippen LogP contribution in [-0.4, -0.2) is 59.2 Å². The first-order chi connectivity index (χ1) is 43.9. The SMILES string of the molecule is CC(=O)O.CC(=O)O.CC(C)[C@@H]1COC([C]2[CH][CH][CH][CH]2)=N1.CC(C)[C@@H]1COC([C]2[CH][CH][CH][CH]2)=N1.[Co].[Co].[Pd].[Pd].c1ccc([C]2[C](c3ccccc3)[C](c3ccccc3)[C]2c2ccccc2)cc1.c1ccc([C]2[C](c3ccccc3)[C](c3ccccc3)[C]2c2ccccc2)cc1. The van der Waals surface area contributed by atoms with Gasteiger partial charge >= 0.3 is 0 Å². The second kappa shape index (κ2) is 40.5. The Bertz CT molecular complexity index is 2850. The average Bonchev–Trinajstić information content (AvgIpc) is 0.885. The Morgan fingerprint density at radius 2 is 0.479 bits per heavy atom. The number of ether oxygens (including phenoxy) is 2. The molecule has 488 valence electrons. The van der Waals surface area contributed by atoms with Gasteiger partial charge in [0, 0.05) is 136 Å². The van der Waals surface area contributed by atoms with Crippen LogP contribution in [0.2, 0.25) is 0 Å². The Labute approximate surface area is 608 Å². The molecule has 6 aliphatic rings. The van der Waals surface area contributed by atoms with Crippen LogP contribution in [0.4, 0.5) is 0 Å². The summed E-state index contributed by atoms with van der Waals surface area (Å²) in [6, 6.07) is 86.6. The van der Waals surface area contributed by atoms with Gasteiger partial charge in [0.05, 0.1) is 23.9 Å². The van der Waals surface area contributed by atoms with Crippen molar-refractivity contribution in [3.05, 3.63) is 398 Å². The minimum Gasteiger partial charge on any atom is -0.481 e. The zero-order valence-electron chi connectivity index (χ0n) is 53.2. The van der Waals surface area contributed by atoms with E-state index in [9.17, 15) is 0 Å². The maximum Gasteiger partial charge on any atom is 0.300 e. The van der Waals surface area contributed by atoms with Gasteiger partial charge < -0.3 is 19.7 Å². The van der Waals surface area contributed by atoms with Crippen molar-refractivity contribution < 1.29 is 104 Å². The molecule has 94 heavy (non-hydrogen) atoms. The van der Waals surface area contributed by atoms with Gasteiger partial charge in [-0.05, 0) is 108 Å². The van der Waals surface area contributed by atoms with Crippen molar-refractivity contribution >= 4 is 23.7 Å². The number of hydrogen-bond acceptors (Lipinski definition) is 6. The molecule has 2 atom stereocenters. The standard InChI is InChI=1S/2C28H20.2C11H14NO.2C2H4O2.2Co.2Pd/c2*1-5-13-21(14-6-1)25-26(22-15-7-2-8-16-22)28(24-19-11-4-12-20-24)27(25)23-17-9-3-10-18-23;2*1-8(2)10-7-13-11(12-10)9-5-3-4-6-9;2*1-2(3)4;;;;/h2*1-20H;2*3-6,8,10H,7H2,1-2H3;2*1H3,(H,3,4);;;;/t;;2*10-;;;;;;/m..00....../s1. The van der Waals surface area contributed by atoms with Gasteiger partial charge in [0.1, 0.15) is 13.2 Å². The predicted molar refractivity (Wildman–Crippen MR) is 362 cm³/mol. The van der Waals surface area contributed by atoms with Gasteiger partial charge in [0.2, 0.25) is 0 Å². The third-order valence-corrected chi connectivity index (χ3v) is 15.2. The third kappa shape index (κ3) is 21.5. The van der Waals surface area contributed by atoms with Crippen LogP contribution >= 0.6 is 0 Å². The molecule has 0 unspecified atom stereocenters. The van der Waals surface area contributed by atoms with Crippen molar-refractivity contribution in [1.82, 2.24) is 0 Å². The molecule has 20 radical (unpaired) electrons. The molecule has 2 heterocycles. The topological polar surface area (TPSA) is 118 Å². The fourth-order valence-electron chi connectivity index (χ4n) is 10.8. The van der Waals surface area contributed by atoms with Crippen molar-refractivity contribution in [2.24, 2.45) is 21.8 Å². The smallest absolute Gasteiger partial charge is 0.300 e. The summed E-state index contributed by atoms with van der Waals surface area (Å²) in [5, 5.41) is 14.8. The minimum absolute atomic E-state index is 0. The zero-order valence-corrected chi connectivity index (χ0v) is 58.3. The number of carboxylic acid groups (broad SMARTS) is 2. The summed E-state index contributed by atoms with van der Waals surface area (Å²) in [6.45, 7) is 12.3. The molecular weight excluding hydrogens is 1440 g/mol. The fourth-order valence-corrected chi connectivity index (χ4v) is 10.8. The summed E-state index contributed by atoms with van der Waals surface area (Å²) < 4.78 is 11.0. The van der Waals surface area contributed by atoms with Crippen LogP contribution in [0, 0.1) is 122 Å². The van der Waals surface area contributed by atoms with Crippen LogP contribution < -0.4 is 0 Å². The molecule has 8 nitrogen and oxygen atoms in total. The first kappa shape index (κ1) is 78.7. The van der Waals surface area contributed by atoms with Gasteiger partial charge in [0.25, 0.3) is 11.9 Å². The molecule has 2 N–H and O–H groups in total. The van der Waals surface area contributed by atoms with E-state index in [0.717, 1.165) is 50.7 Å². The van der Waals surface area contributed by atoms with Gasteiger partial charge in [-0.3, -0.25) is 9.59 Å². The van der Waals surface area contributed by atoms with E-state index in [1.807, 2.05) is 51.4 Å². The third-order valence-electron chi connectivity index (χ3n) is 15.2. The molecule has 14 rings (SSSR count). The molecular formula is C82H76Co2N2O6Pd2.